The lowest BCUT2D eigenvalue weighted by molar-refractivity contribution is -0.141. The first-order valence-electron chi connectivity index (χ1n) is 7.76. The Morgan fingerprint density at radius 1 is 1.33 bits per heavy atom. The molecule has 2 aliphatic heterocycles. The summed E-state index contributed by atoms with van der Waals surface area (Å²) in [5.41, 5.74) is 2.00. The molecule has 4 rings (SSSR count). The highest BCUT2D eigenvalue weighted by molar-refractivity contribution is 7.10. The molecule has 6 nitrogen and oxygen atoms in total. The van der Waals surface area contributed by atoms with E-state index in [1.54, 1.807) is 11.9 Å². The number of hydrogen-bond donors (Lipinski definition) is 1. The van der Waals surface area contributed by atoms with E-state index < -0.39 is 6.04 Å². The Balaban J connectivity index is 1.61. The number of thiophene rings is 1. The molecule has 1 N–H and O–H groups in total. The summed E-state index contributed by atoms with van der Waals surface area (Å²) < 4.78 is 0. The molecule has 7 heteroatoms. The Hall–Kier alpha value is -2.38. The first-order valence-corrected chi connectivity index (χ1v) is 8.64. The molecule has 0 radical (unpaired) electrons. The van der Waals surface area contributed by atoms with E-state index in [0.29, 0.717) is 13.2 Å². The number of likely N-dealkylation sites (N-methyl/N-ethyl adjacent to an activating group) is 1. The summed E-state index contributed by atoms with van der Waals surface area (Å²) in [5, 5.41) is 6.03. The van der Waals surface area contributed by atoms with Gasteiger partial charge in [0.2, 0.25) is 5.91 Å². The lowest BCUT2D eigenvalue weighted by atomic mass is 9.99. The lowest BCUT2D eigenvalue weighted by Crippen LogP contribution is -2.42. The first-order chi connectivity index (χ1) is 11.7. The standard InChI is InChI=1S/C17H17N3O3S/c1-18-16(21)14-15-12(7-8-24-15)13-9-19(14)17(22)20(13)23-10-11-5-3-2-4-6-11/h2-8,13-14H,9-10H2,1H3,(H,18,21). The van der Waals surface area contributed by atoms with E-state index in [9.17, 15) is 9.59 Å². The number of carbonyl (C=O) groups excluding carboxylic acids is 2. The quantitative estimate of drug-likeness (QED) is 0.928. The fraction of sp³-hybridized carbons (Fsp3) is 0.294. The minimum atomic E-state index is -0.570. The zero-order valence-electron chi connectivity index (χ0n) is 13.1. The molecule has 1 aromatic heterocycles. The monoisotopic (exact) mass is 343 g/mol. The second-order valence-corrected chi connectivity index (χ2v) is 6.74. The maximum Gasteiger partial charge on any atom is 0.345 e. The zero-order chi connectivity index (χ0) is 16.7. The van der Waals surface area contributed by atoms with Crippen molar-refractivity contribution in [2.24, 2.45) is 0 Å². The van der Waals surface area contributed by atoms with Gasteiger partial charge in [0.25, 0.3) is 0 Å². The molecule has 1 saturated heterocycles. The maximum atomic E-state index is 12.8. The van der Waals surface area contributed by atoms with Gasteiger partial charge in [-0.3, -0.25) is 9.63 Å². The van der Waals surface area contributed by atoms with Crippen LogP contribution in [0.4, 0.5) is 4.79 Å². The predicted octanol–water partition coefficient (Wildman–Crippen LogP) is 2.46. The van der Waals surface area contributed by atoms with E-state index in [4.69, 9.17) is 4.84 Å². The molecule has 0 saturated carbocycles. The number of nitrogens with zero attached hydrogens (tertiary/aromatic N) is 2. The maximum absolute atomic E-state index is 12.8. The summed E-state index contributed by atoms with van der Waals surface area (Å²) in [6.45, 7) is 0.788. The number of fused-ring (bicyclic) bond motifs is 4. The Labute approximate surface area is 143 Å². The Morgan fingerprint density at radius 3 is 2.88 bits per heavy atom. The molecule has 2 aliphatic rings. The molecular formula is C17H17N3O3S. The van der Waals surface area contributed by atoms with Crippen LogP contribution in [0.1, 0.15) is 28.1 Å². The second-order valence-electron chi connectivity index (χ2n) is 5.79. The number of benzene rings is 1. The van der Waals surface area contributed by atoms with Gasteiger partial charge in [-0.1, -0.05) is 30.3 Å². The van der Waals surface area contributed by atoms with Gasteiger partial charge < -0.3 is 10.2 Å². The van der Waals surface area contributed by atoms with Crippen LogP contribution in [-0.2, 0) is 16.2 Å². The van der Waals surface area contributed by atoms with Gasteiger partial charge in [-0.15, -0.1) is 11.3 Å². The van der Waals surface area contributed by atoms with E-state index in [1.165, 1.54) is 16.4 Å². The molecule has 3 heterocycles. The smallest absolute Gasteiger partial charge is 0.345 e. The highest BCUT2D eigenvalue weighted by Crippen LogP contribution is 2.46. The first kappa shape index (κ1) is 15.2. The average Bonchev–Trinajstić information content (AvgIpc) is 3.20. The van der Waals surface area contributed by atoms with E-state index >= 15 is 0 Å². The largest absolute Gasteiger partial charge is 0.357 e. The number of urea groups is 1. The van der Waals surface area contributed by atoms with Gasteiger partial charge in [0.05, 0.1) is 6.54 Å². The number of nitrogens with one attached hydrogen (secondary N) is 1. The summed E-state index contributed by atoms with van der Waals surface area (Å²) in [7, 11) is 1.59. The van der Waals surface area contributed by atoms with Gasteiger partial charge in [0.15, 0.2) is 0 Å². The van der Waals surface area contributed by atoms with Crippen molar-refractivity contribution in [1.29, 1.82) is 0 Å². The number of rotatable bonds is 4. The zero-order valence-corrected chi connectivity index (χ0v) is 14.0. The average molecular weight is 343 g/mol. The summed E-state index contributed by atoms with van der Waals surface area (Å²) >= 11 is 1.51. The summed E-state index contributed by atoms with van der Waals surface area (Å²) in [5.74, 6) is -0.171. The van der Waals surface area contributed by atoms with E-state index in [1.807, 2.05) is 41.8 Å². The van der Waals surface area contributed by atoms with Crippen LogP contribution in [-0.4, -0.2) is 35.5 Å². The minimum Gasteiger partial charge on any atom is -0.357 e. The number of amides is 3. The fourth-order valence-electron chi connectivity index (χ4n) is 3.27. The van der Waals surface area contributed by atoms with Gasteiger partial charge in [-0.05, 0) is 22.6 Å². The Morgan fingerprint density at radius 2 is 2.12 bits per heavy atom. The second kappa shape index (κ2) is 5.92. The molecule has 2 atom stereocenters. The number of hydroxylamine groups is 2. The highest BCUT2D eigenvalue weighted by atomic mass is 32.1. The van der Waals surface area contributed by atoms with Crippen LogP contribution in [0, 0.1) is 0 Å². The lowest BCUT2D eigenvalue weighted by Gasteiger charge is -2.29. The molecule has 3 amide bonds. The molecular weight excluding hydrogens is 326 g/mol. The summed E-state index contributed by atoms with van der Waals surface area (Å²) in [6, 6.07) is 10.7. The Kier molecular flexibility index (Phi) is 3.74. The fourth-order valence-corrected chi connectivity index (χ4v) is 4.33. The van der Waals surface area contributed by atoms with Crippen LogP contribution >= 0.6 is 11.3 Å². The van der Waals surface area contributed by atoms with Crippen molar-refractivity contribution in [2.45, 2.75) is 18.7 Å². The number of carbonyl (C=O) groups is 2. The van der Waals surface area contributed by atoms with Crippen LogP contribution < -0.4 is 5.32 Å². The van der Waals surface area contributed by atoms with Crippen LogP contribution in [0.5, 0.6) is 0 Å². The van der Waals surface area contributed by atoms with Gasteiger partial charge in [-0.2, -0.15) is 5.06 Å². The van der Waals surface area contributed by atoms with Crippen molar-refractivity contribution in [3.63, 3.8) is 0 Å². The van der Waals surface area contributed by atoms with Gasteiger partial charge in [0.1, 0.15) is 18.7 Å². The predicted molar refractivity (Wildman–Crippen MR) is 89.0 cm³/mol. The normalized spacial score (nSPS) is 21.8. The van der Waals surface area contributed by atoms with Crippen molar-refractivity contribution in [2.75, 3.05) is 13.6 Å². The summed E-state index contributed by atoms with van der Waals surface area (Å²) in [6.07, 6.45) is 0. The van der Waals surface area contributed by atoms with E-state index in [2.05, 4.69) is 5.32 Å². The number of hydrogen-bond acceptors (Lipinski definition) is 4. The van der Waals surface area contributed by atoms with E-state index in [-0.39, 0.29) is 18.0 Å². The van der Waals surface area contributed by atoms with E-state index in [0.717, 1.165) is 16.0 Å². The van der Waals surface area contributed by atoms with Gasteiger partial charge in [0, 0.05) is 11.9 Å². The van der Waals surface area contributed by atoms with Gasteiger partial charge in [-0.25, -0.2) is 4.79 Å². The highest BCUT2D eigenvalue weighted by Gasteiger charge is 2.51. The molecule has 124 valence electrons. The molecule has 1 aromatic carbocycles. The van der Waals surface area contributed by atoms with Crippen molar-refractivity contribution < 1.29 is 14.4 Å². The van der Waals surface area contributed by atoms with Crippen LogP contribution in [0.2, 0.25) is 0 Å². The Bertz CT molecular complexity index is 776. The van der Waals surface area contributed by atoms with Crippen LogP contribution in [0.15, 0.2) is 41.8 Å². The third-order valence-electron chi connectivity index (χ3n) is 4.44. The van der Waals surface area contributed by atoms with Crippen molar-refractivity contribution in [1.82, 2.24) is 15.3 Å². The van der Waals surface area contributed by atoms with Crippen molar-refractivity contribution in [3.8, 4) is 0 Å². The van der Waals surface area contributed by atoms with Gasteiger partial charge >= 0.3 is 6.03 Å². The molecule has 1 fully saturated rings. The van der Waals surface area contributed by atoms with Crippen LogP contribution in [0.25, 0.3) is 0 Å². The SMILES string of the molecule is CNC(=O)C1c2sccc2C2CN1C(=O)N2OCc1ccccc1. The molecule has 0 spiro atoms. The third kappa shape index (κ3) is 2.28. The van der Waals surface area contributed by atoms with Crippen molar-refractivity contribution in [3.05, 3.63) is 57.8 Å². The minimum absolute atomic E-state index is 0.164. The molecule has 2 bridgehead atoms. The summed E-state index contributed by atoms with van der Waals surface area (Å²) in [4.78, 5) is 33.4. The topological polar surface area (TPSA) is 61.9 Å². The molecule has 24 heavy (non-hydrogen) atoms. The molecule has 2 unspecified atom stereocenters. The third-order valence-corrected chi connectivity index (χ3v) is 5.43. The van der Waals surface area contributed by atoms with Crippen molar-refractivity contribution >= 4 is 23.3 Å². The molecule has 0 aliphatic carbocycles. The molecule has 2 aromatic rings. The van der Waals surface area contributed by atoms with Crippen LogP contribution in [0.3, 0.4) is 0 Å².